The van der Waals surface area contributed by atoms with E-state index in [9.17, 15) is 0 Å². The number of aromatic amines is 1. The fraction of sp³-hybridized carbons (Fsp3) is 0.400. The van der Waals surface area contributed by atoms with Gasteiger partial charge in [0.25, 0.3) is 0 Å². The van der Waals surface area contributed by atoms with E-state index in [4.69, 9.17) is 0 Å². The molecule has 0 aliphatic carbocycles. The number of H-pyrrole nitrogens is 1. The molecule has 6 heteroatoms. The van der Waals surface area contributed by atoms with Crippen molar-refractivity contribution in [2.24, 2.45) is 4.99 Å². The number of aromatic nitrogens is 2. The molecule has 0 spiro atoms. The minimum Gasteiger partial charge on any atom is -0.361 e. The van der Waals surface area contributed by atoms with Crippen molar-refractivity contribution < 1.29 is 0 Å². The summed E-state index contributed by atoms with van der Waals surface area (Å²) in [7, 11) is 1.81. The molecule has 5 nitrogen and oxygen atoms in total. The molecule has 26 heavy (non-hydrogen) atoms. The van der Waals surface area contributed by atoms with Crippen LogP contribution in [0.2, 0.25) is 0 Å². The summed E-state index contributed by atoms with van der Waals surface area (Å²) in [6.45, 7) is 7.98. The van der Waals surface area contributed by atoms with Crippen molar-refractivity contribution in [3.63, 3.8) is 0 Å². The summed E-state index contributed by atoms with van der Waals surface area (Å²) in [6.07, 6.45) is 3.98. The van der Waals surface area contributed by atoms with Gasteiger partial charge >= 0.3 is 0 Å². The van der Waals surface area contributed by atoms with Gasteiger partial charge in [-0.2, -0.15) is 0 Å². The Bertz CT molecular complexity index is 887. The lowest BCUT2D eigenvalue weighted by atomic mass is 10.1. The molecule has 1 aromatic carbocycles. The van der Waals surface area contributed by atoms with Gasteiger partial charge in [0.2, 0.25) is 0 Å². The summed E-state index contributed by atoms with van der Waals surface area (Å²) >= 11 is 1.78. The minimum atomic E-state index is 0.832. The summed E-state index contributed by atoms with van der Waals surface area (Å²) in [5, 5.41) is 9.24. The molecule has 0 fully saturated rings. The van der Waals surface area contributed by atoms with Crippen LogP contribution in [0, 0.1) is 20.8 Å². The monoisotopic (exact) mass is 369 g/mol. The van der Waals surface area contributed by atoms with E-state index < -0.39 is 0 Å². The Morgan fingerprint density at radius 1 is 1.15 bits per heavy atom. The molecular weight excluding hydrogens is 342 g/mol. The number of nitrogens with zero attached hydrogens (tertiary/aromatic N) is 2. The molecule has 138 valence electrons. The Labute approximate surface area is 159 Å². The third kappa shape index (κ3) is 4.43. The number of guanidine groups is 1. The molecule has 2 aromatic heterocycles. The van der Waals surface area contributed by atoms with Crippen LogP contribution < -0.4 is 10.6 Å². The summed E-state index contributed by atoms with van der Waals surface area (Å²) in [5.74, 6) is 0.839. The van der Waals surface area contributed by atoms with Crippen molar-refractivity contribution in [2.45, 2.75) is 33.6 Å². The lowest BCUT2D eigenvalue weighted by molar-refractivity contribution is 0.782. The fourth-order valence-corrected chi connectivity index (χ4v) is 3.91. The van der Waals surface area contributed by atoms with Crippen LogP contribution in [0.3, 0.4) is 0 Å². The van der Waals surface area contributed by atoms with Gasteiger partial charge in [-0.3, -0.25) is 4.99 Å². The predicted octanol–water partition coefficient (Wildman–Crippen LogP) is 3.50. The van der Waals surface area contributed by atoms with Crippen LogP contribution in [-0.4, -0.2) is 36.1 Å². The van der Waals surface area contributed by atoms with Gasteiger partial charge in [0, 0.05) is 48.5 Å². The van der Waals surface area contributed by atoms with E-state index in [1.54, 1.807) is 11.3 Å². The number of rotatable bonds is 6. The van der Waals surface area contributed by atoms with Crippen molar-refractivity contribution in [2.75, 3.05) is 20.1 Å². The lowest BCUT2D eigenvalue weighted by Gasteiger charge is -2.11. The predicted molar refractivity (Wildman–Crippen MR) is 111 cm³/mol. The molecule has 0 unspecified atom stereocenters. The number of fused-ring (bicyclic) bond motifs is 1. The molecule has 0 radical (unpaired) electrons. The fourth-order valence-electron chi connectivity index (χ4n) is 2.98. The highest BCUT2D eigenvalue weighted by atomic mass is 32.1. The van der Waals surface area contributed by atoms with Gasteiger partial charge in [-0.1, -0.05) is 12.1 Å². The number of nitrogens with one attached hydrogen (secondary N) is 3. The summed E-state index contributed by atoms with van der Waals surface area (Å²) in [5.41, 5.74) is 4.95. The van der Waals surface area contributed by atoms with Crippen LogP contribution >= 0.6 is 11.3 Å². The van der Waals surface area contributed by atoms with Crippen LogP contribution in [0.1, 0.15) is 26.7 Å². The maximum Gasteiger partial charge on any atom is 0.191 e. The molecule has 0 aliphatic rings. The van der Waals surface area contributed by atoms with E-state index >= 15 is 0 Å². The number of hydrogen-bond donors (Lipinski definition) is 3. The first-order chi connectivity index (χ1) is 12.6. The maximum atomic E-state index is 4.58. The highest BCUT2D eigenvalue weighted by molar-refractivity contribution is 7.11. The first-order valence-electron chi connectivity index (χ1n) is 9.01. The quantitative estimate of drug-likeness (QED) is 0.460. The van der Waals surface area contributed by atoms with Crippen molar-refractivity contribution in [1.29, 1.82) is 0 Å². The first-order valence-corrected chi connectivity index (χ1v) is 9.82. The van der Waals surface area contributed by atoms with E-state index in [1.807, 2.05) is 7.05 Å². The van der Waals surface area contributed by atoms with E-state index in [2.05, 4.69) is 70.8 Å². The van der Waals surface area contributed by atoms with Gasteiger partial charge in [-0.15, -0.1) is 11.3 Å². The Kier molecular flexibility index (Phi) is 5.93. The van der Waals surface area contributed by atoms with Crippen LogP contribution in [0.4, 0.5) is 0 Å². The van der Waals surface area contributed by atoms with Crippen LogP contribution in [0.25, 0.3) is 10.9 Å². The second kappa shape index (κ2) is 8.36. The average molecular weight is 370 g/mol. The number of aryl methyl sites for hydroxylation is 3. The van der Waals surface area contributed by atoms with Gasteiger partial charge in [-0.05, 0) is 44.4 Å². The first kappa shape index (κ1) is 18.5. The zero-order valence-electron chi connectivity index (χ0n) is 15.9. The lowest BCUT2D eigenvalue weighted by Crippen LogP contribution is -2.39. The van der Waals surface area contributed by atoms with Gasteiger partial charge in [0.05, 0.1) is 10.7 Å². The zero-order valence-corrected chi connectivity index (χ0v) is 16.8. The molecule has 0 bridgehead atoms. The Morgan fingerprint density at radius 3 is 2.62 bits per heavy atom. The molecule has 0 aliphatic heterocycles. The second-order valence-corrected chi connectivity index (χ2v) is 7.83. The van der Waals surface area contributed by atoms with Gasteiger partial charge in [0.1, 0.15) is 0 Å². The average Bonchev–Trinajstić information content (AvgIpc) is 3.16. The molecular formula is C20H27N5S. The smallest absolute Gasteiger partial charge is 0.191 e. The van der Waals surface area contributed by atoms with E-state index in [0.717, 1.165) is 37.6 Å². The molecule has 0 saturated carbocycles. The van der Waals surface area contributed by atoms with E-state index in [1.165, 1.54) is 31.9 Å². The molecule has 0 amide bonds. The van der Waals surface area contributed by atoms with E-state index in [-0.39, 0.29) is 0 Å². The normalized spacial score (nSPS) is 11.9. The Balaban J connectivity index is 1.46. The van der Waals surface area contributed by atoms with Crippen molar-refractivity contribution in [1.82, 2.24) is 20.6 Å². The number of thiazole rings is 1. The van der Waals surface area contributed by atoms with Crippen molar-refractivity contribution >= 4 is 28.2 Å². The minimum absolute atomic E-state index is 0.832. The highest BCUT2D eigenvalue weighted by Gasteiger charge is 2.06. The molecule has 2 heterocycles. The maximum absolute atomic E-state index is 4.58. The zero-order chi connectivity index (χ0) is 18.5. The molecule has 0 saturated heterocycles. The van der Waals surface area contributed by atoms with Gasteiger partial charge < -0.3 is 15.6 Å². The largest absolute Gasteiger partial charge is 0.361 e. The molecule has 3 aromatic rings. The molecule has 3 N–H and O–H groups in total. The van der Waals surface area contributed by atoms with Crippen molar-refractivity contribution in [3.05, 3.63) is 51.1 Å². The SMILES string of the molecule is CN=C(NCCc1nc(C)c(C)s1)NCCc1c[nH]c2cc(C)ccc12. The number of aliphatic imine (C=N–C) groups is 1. The summed E-state index contributed by atoms with van der Waals surface area (Å²) in [4.78, 5) is 13.5. The van der Waals surface area contributed by atoms with Crippen molar-refractivity contribution in [3.8, 4) is 0 Å². The molecule has 3 rings (SSSR count). The topological polar surface area (TPSA) is 65.1 Å². The third-order valence-electron chi connectivity index (χ3n) is 4.54. The summed E-state index contributed by atoms with van der Waals surface area (Å²) in [6, 6.07) is 6.55. The van der Waals surface area contributed by atoms with E-state index in [0.29, 0.717) is 0 Å². The highest BCUT2D eigenvalue weighted by Crippen LogP contribution is 2.19. The number of benzene rings is 1. The second-order valence-electron chi connectivity index (χ2n) is 6.54. The Hall–Kier alpha value is -2.34. The molecule has 0 atom stereocenters. The Morgan fingerprint density at radius 2 is 1.92 bits per heavy atom. The third-order valence-corrected chi connectivity index (χ3v) is 5.67. The number of hydrogen-bond acceptors (Lipinski definition) is 3. The summed E-state index contributed by atoms with van der Waals surface area (Å²) < 4.78 is 0. The van der Waals surface area contributed by atoms with Crippen LogP contribution in [-0.2, 0) is 12.8 Å². The van der Waals surface area contributed by atoms with Crippen LogP contribution in [0.15, 0.2) is 29.4 Å². The van der Waals surface area contributed by atoms with Crippen LogP contribution in [0.5, 0.6) is 0 Å². The van der Waals surface area contributed by atoms with Gasteiger partial charge in [0.15, 0.2) is 5.96 Å². The van der Waals surface area contributed by atoms with Gasteiger partial charge in [-0.25, -0.2) is 4.98 Å². The standard InChI is InChI=1S/C20H27N5S/c1-13-5-6-17-16(12-24-18(17)11-13)7-9-22-20(21-4)23-10-8-19-25-14(2)15(3)26-19/h5-6,11-12,24H,7-10H2,1-4H3,(H2,21,22,23).